The number of amides is 1. The quantitative estimate of drug-likeness (QED) is 0.470. The molecule has 5 nitrogen and oxygen atoms in total. The number of hydrogen-bond acceptors (Lipinski definition) is 3. The molecule has 0 bridgehead atoms. The van der Waals surface area contributed by atoms with E-state index in [1.165, 1.54) is 0 Å². The zero-order valence-electron chi connectivity index (χ0n) is 11.3. The molecule has 0 radical (unpaired) electrons. The fourth-order valence-electron chi connectivity index (χ4n) is 1.15. The average molecular weight is 285 g/mol. The minimum atomic E-state index is -3.94. The zero-order valence-corrected chi connectivity index (χ0v) is 12.3. The second kappa shape index (κ2) is 8.05. The van der Waals surface area contributed by atoms with Crippen molar-refractivity contribution in [1.82, 2.24) is 5.32 Å². The van der Waals surface area contributed by atoms with E-state index in [0.717, 1.165) is 0 Å². The van der Waals surface area contributed by atoms with Crippen LogP contribution in [0.4, 0.5) is 0 Å². The minimum absolute atomic E-state index is 0. The second-order valence-corrected chi connectivity index (χ2v) is 4.83. The zero-order chi connectivity index (χ0) is 12.0. The van der Waals surface area contributed by atoms with Crippen LogP contribution in [0.1, 0.15) is 19.6 Å². The molecule has 0 heterocycles. The first-order valence-electron chi connectivity index (χ1n) is 4.77. The van der Waals surface area contributed by atoms with Gasteiger partial charge in [-0.3, -0.25) is 9.35 Å². The summed E-state index contributed by atoms with van der Waals surface area (Å²) in [5.41, 5.74) is 0.523. The van der Waals surface area contributed by atoms with Crippen LogP contribution >= 0.6 is 0 Å². The molecule has 1 amide bonds. The van der Waals surface area contributed by atoms with Gasteiger partial charge in [-0.05, 0) is 18.6 Å². The molecule has 0 aliphatic rings. The average Bonchev–Trinajstić information content (AvgIpc) is 2.24. The first-order chi connectivity index (χ1) is 7.49. The minimum Gasteiger partial charge on any atom is -1.00 e. The molecular formula is C10H15CaNO4S. The molecule has 0 fully saturated rings. The summed E-state index contributed by atoms with van der Waals surface area (Å²) in [5.74, 6) is -0.599. The Kier molecular flexibility index (Phi) is 7.98. The van der Waals surface area contributed by atoms with Gasteiger partial charge in [0.25, 0.3) is 16.0 Å². The topological polar surface area (TPSA) is 83.5 Å². The molecule has 1 rings (SSSR count). The molecule has 0 saturated heterocycles. The van der Waals surface area contributed by atoms with E-state index in [-0.39, 0.29) is 65.2 Å². The van der Waals surface area contributed by atoms with E-state index in [0.29, 0.717) is 5.56 Å². The molecule has 1 aromatic carbocycles. The number of carbonyl (C=O) groups excluding carboxylic acids is 1. The van der Waals surface area contributed by atoms with Crippen LogP contribution in [0.25, 0.3) is 0 Å². The number of hydrogen-bond donors (Lipinski definition) is 2. The van der Waals surface area contributed by atoms with Crippen molar-refractivity contribution in [2.45, 2.75) is 6.42 Å². The van der Waals surface area contributed by atoms with Crippen molar-refractivity contribution in [2.24, 2.45) is 0 Å². The molecule has 2 N–H and O–H groups in total. The molecule has 0 atom stereocenters. The van der Waals surface area contributed by atoms with E-state index in [1.807, 2.05) is 0 Å². The van der Waals surface area contributed by atoms with Crippen LogP contribution in [0.15, 0.2) is 30.3 Å². The summed E-state index contributed by atoms with van der Waals surface area (Å²) < 4.78 is 29.2. The molecule has 0 aliphatic heterocycles. The van der Waals surface area contributed by atoms with Gasteiger partial charge in [-0.25, -0.2) is 0 Å². The Hall–Kier alpha value is -0.140. The largest absolute Gasteiger partial charge is 2.00 e. The fourth-order valence-corrected chi connectivity index (χ4v) is 1.66. The van der Waals surface area contributed by atoms with E-state index in [9.17, 15) is 13.2 Å². The number of benzene rings is 1. The summed E-state index contributed by atoms with van der Waals surface area (Å²) in [4.78, 5) is 11.4. The molecule has 92 valence electrons. The molecule has 7 heteroatoms. The van der Waals surface area contributed by atoms with Gasteiger partial charge in [0.05, 0.1) is 5.75 Å². The third-order valence-electron chi connectivity index (χ3n) is 1.90. The maximum Gasteiger partial charge on any atom is 2.00 e. The third-order valence-corrected chi connectivity index (χ3v) is 2.71. The molecular weight excluding hydrogens is 270 g/mol. The van der Waals surface area contributed by atoms with Gasteiger partial charge in [-0.1, -0.05) is 18.2 Å². The van der Waals surface area contributed by atoms with Gasteiger partial charge in [0.1, 0.15) is 0 Å². The molecule has 0 unspecified atom stereocenters. The predicted octanol–water partition coefficient (Wildman–Crippen LogP) is 0.539. The molecule has 1 aromatic rings. The SMILES string of the molecule is O=C(NCCCS(=O)(=O)O)c1ccccc1.[Ca+2].[H-].[H-]. The summed E-state index contributed by atoms with van der Waals surface area (Å²) >= 11 is 0. The Bertz CT molecular complexity index is 456. The van der Waals surface area contributed by atoms with Crippen LogP contribution in [-0.2, 0) is 10.1 Å². The Morgan fingerprint density at radius 1 is 1.29 bits per heavy atom. The van der Waals surface area contributed by atoms with E-state index in [2.05, 4.69) is 5.32 Å². The van der Waals surface area contributed by atoms with E-state index >= 15 is 0 Å². The van der Waals surface area contributed by atoms with Crippen LogP contribution in [0.5, 0.6) is 0 Å². The summed E-state index contributed by atoms with van der Waals surface area (Å²) in [6, 6.07) is 8.62. The van der Waals surface area contributed by atoms with Crippen LogP contribution < -0.4 is 5.32 Å². The van der Waals surface area contributed by atoms with Gasteiger partial charge < -0.3 is 8.17 Å². The van der Waals surface area contributed by atoms with Crippen molar-refractivity contribution in [1.29, 1.82) is 0 Å². The molecule has 17 heavy (non-hydrogen) atoms. The Morgan fingerprint density at radius 2 is 1.88 bits per heavy atom. The second-order valence-electron chi connectivity index (χ2n) is 3.26. The Morgan fingerprint density at radius 3 is 2.41 bits per heavy atom. The van der Waals surface area contributed by atoms with Gasteiger partial charge >= 0.3 is 37.7 Å². The van der Waals surface area contributed by atoms with Gasteiger partial charge in [-0.15, -0.1) is 0 Å². The predicted molar refractivity (Wildman–Crippen MR) is 67.8 cm³/mol. The van der Waals surface area contributed by atoms with Crippen LogP contribution in [-0.4, -0.2) is 68.9 Å². The smallest absolute Gasteiger partial charge is 1.00 e. The monoisotopic (exact) mass is 285 g/mol. The Balaban J connectivity index is -0.000000853. The first-order valence-corrected chi connectivity index (χ1v) is 6.38. The van der Waals surface area contributed by atoms with E-state index in [4.69, 9.17) is 4.55 Å². The molecule has 0 spiro atoms. The number of nitrogens with one attached hydrogen (secondary N) is 1. The summed E-state index contributed by atoms with van der Waals surface area (Å²) in [6.45, 7) is 0.216. The van der Waals surface area contributed by atoms with E-state index < -0.39 is 10.1 Å². The van der Waals surface area contributed by atoms with Gasteiger partial charge in [0.2, 0.25) is 0 Å². The van der Waals surface area contributed by atoms with E-state index in [1.54, 1.807) is 30.3 Å². The first kappa shape index (κ1) is 16.9. The number of rotatable bonds is 5. The van der Waals surface area contributed by atoms with Gasteiger partial charge in [0.15, 0.2) is 0 Å². The maximum atomic E-state index is 11.4. The fraction of sp³-hybridized carbons (Fsp3) is 0.300. The molecule has 0 saturated carbocycles. The summed E-state index contributed by atoms with van der Waals surface area (Å²) in [7, 11) is -3.94. The maximum absolute atomic E-state index is 11.4. The van der Waals surface area contributed by atoms with Crippen molar-refractivity contribution in [3.8, 4) is 0 Å². The number of carbonyl (C=O) groups is 1. The standard InChI is InChI=1S/C10H13NO4S.Ca.2H/c12-10(9-5-2-1-3-6-9)11-7-4-8-16(13,14)15;;;/h1-3,5-6H,4,7-8H2,(H,11,12)(H,13,14,15);;;/q;+2;2*-1. The Labute approximate surface area is 133 Å². The normalized spacial score (nSPS) is 10.4. The van der Waals surface area contributed by atoms with Crippen molar-refractivity contribution in [3.63, 3.8) is 0 Å². The van der Waals surface area contributed by atoms with Gasteiger partial charge in [0, 0.05) is 12.1 Å². The van der Waals surface area contributed by atoms with Crippen molar-refractivity contribution in [3.05, 3.63) is 35.9 Å². The third kappa shape index (κ3) is 7.72. The van der Waals surface area contributed by atoms with Crippen molar-refractivity contribution < 1.29 is 20.6 Å². The molecule has 0 aliphatic carbocycles. The van der Waals surface area contributed by atoms with Crippen LogP contribution in [0, 0.1) is 0 Å². The van der Waals surface area contributed by atoms with Crippen LogP contribution in [0.2, 0.25) is 0 Å². The summed E-state index contributed by atoms with van der Waals surface area (Å²) in [5, 5.41) is 2.56. The van der Waals surface area contributed by atoms with Crippen LogP contribution in [0.3, 0.4) is 0 Å². The van der Waals surface area contributed by atoms with Crippen molar-refractivity contribution >= 4 is 53.8 Å². The molecule has 0 aromatic heterocycles. The summed E-state index contributed by atoms with van der Waals surface area (Å²) in [6.07, 6.45) is 0.192. The van der Waals surface area contributed by atoms with Crippen molar-refractivity contribution in [2.75, 3.05) is 12.3 Å². The van der Waals surface area contributed by atoms with Gasteiger partial charge in [-0.2, -0.15) is 8.42 Å².